The first-order valence-electron chi connectivity index (χ1n) is 59.2. The van der Waals surface area contributed by atoms with Gasteiger partial charge in [-0.15, -0.1) is 0 Å². The molecule has 0 aliphatic heterocycles. The molecule has 6 rings (SSSR count). The highest BCUT2D eigenvalue weighted by Crippen LogP contribution is 2.49. The van der Waals surface area contributed by atoms with Crippen LogP contribution in [0.5, 0.6) is 0 Å². The molecule has 15 nitrogen and oxygen atoms in total. The monoisotopic (exact) mass is 2100 g/mol. The predicted molar refractivity (Wildman–Crippen MR) is 620 cm³/mol. The number of rotatable bonds is 77. The van der Waals surface area contributed by atoms with Gasteiger partial charge in [-0.2, -0.15) is 0 Å². The smallest absolute Gasteiger partial charge is 0.305 e. The van der Waals surface area contributed by atoms with Crippen LogP contribution < -0.4 is 0 Å². The quantitative estimate of drug-likeness (QED) is 0.0179. The zero-order valence-corrected chi connectivity index (χ0v) is 103. The molecule has 22 heteroatoms. The summed E-state index contributed by atoms with van der Waals surface area (Å²) < 4.78 is 66.7. The minimum Gasteiger partial charge on any atom is -0.466 e. The summed E-state index contributed by atoms with van der Waals surface area (Å²) in [5.74, 6) is 1.67. The van der Waals surface area contributed by atoms with Crippen molar-refractivity contribution in [1.29, 1.82) is 0 Å². The van der Waals surface area contributed by atoms with Gasteiger partial charge < -0.3 is 55.4 Å². The molecule has 0 amide bonds. The number of hydrogen-bond acceptors (Lipinski definition) is 15. The van der Waals surface area contributed by atoms with Crippen molar-refractivity contribution in [1.82, 2.24) is 0 Å². The van der Waals surface area contributed by atoms with Gasteiger partial charge in [-0.05, 0) is 352 Å². The van der Waals surface area contributed by atoms with Crippen LogP contribution in [-0.4, -0.2) is 161 Å². The summed E-state index contributed by atoms with van der Waals surface area (Å²) in [6.45, 7) is 56.6. The number of allylic oxidation sites excluding steroid dienone is 6. The predicted octanol–water partition coefficient (Wildman–Crippen LogP) is 33.8. The molecule has 2 N–H and O–H groups in total. The van der Waals surface area contributed by atoms with Crippen LogP contribution in [0.3, 0.4) is 0 Å². The van der Waals surface area contributed by atoms with Crippen molar-refractivity contribution < 1.29 is 69.8 Å². The van der Waals surface area contributed by atoms with Crippen LogP contribution >= 0.6 is 0 Å². The summed E-state index contributed by atoms with van der Waals surface area (Å²) in [5.41, 5.74) is 4.17. The topological polar surface area (TPSA) is 184 Å². The van der Waals surface area contributed by atoms with Gasteiger partial charge in [0, 0.05) is 37.6 Å². The first-order chi connectivity index (χ1) is 68.6. The number of hydrogen-bond donors (Lipinski definition) is 2. The third-order valence-corrected chi connectivity index (χ3v) is 67.8. The number of carbonyl (C=O) groups excluding carboxylic acids is 3. The average molecular weight is 2100 g/mol. The lowest BCUT2D eigenvalue weighted by Crippen LogP contribution is -2.42. The first kappa shape index (κ1) is 131. The van der Waals surface area contributed by atoms with Crippen LogP contribution in [0.25, 0.3) is 0 Å². The van der Waals surface area contributed by atoms with E-state index in [4.69, 9.17) is 45.2 Å². The number of esters is 3. The Balaban J connectivity index is 0.000000446. The van der Waals surface area contributed by atoms with Crippen LogP contribution in [0.1, 0.15) is 356 Å². The maximum absolute atomic E-state index is 12.1. The Morgan fingerprint density at radius 3 is 0.775 bits per heavy atom. The van der Waals surface area contributed by atoms with E-state index in [1.54, 1.807) is 0 Å². The minimum absolute atomic E-state index is 0.0692. The molecule has 0 saturated heterocycles. The lowest BCUT2D eigenvalue weighted by Gasteiger charge is -2.37. The Morgan fingerprint density at radius 1 is 0.282 bits per heavy atom. The standard InChI is InChI=1S/C44H82O5Si3.2C38H68O5Si2/c1-11-36-46-44(45)31-27-22-21-26-30-40-41(35-34-39(47-50(12-2,13-3)14-4)33-32-38-28-24-23-25-29-38)43(49-52(18-8,19-9)20-10)37-42(40)48-51(15-5,16-6)17-7;1-8-30-41-38(40)25-21-16-15-20-24-35-34(36(39)31-37(35)43-45(12-5,13-6)14-7)29-28-33(42-44(9-2,10-3)11-4)27-26-32-22-18-17-19-23-32;1-8-30-41-38(40)25-21-16-15-20-24-34-35(37(31-36(34)39)43-45(12-5,13-6)14-7)29-28-33(42-44(9-2,10-3)11-4)27-26-32-22-18-17-19-23-32/h21,23-26,28-29,39-43H,11-20,22,27,30-37H2,1-10H3;2*15,17-20,22-23,33-37,39H,8-14,16,21,24-31H2,1-7H3/b26-21-;2*20-15-/t39-,40+,41+,42-,43+;33-,34+,35+,36+,37-;33-,34+,35+,36-,37+/m000/s1. The average Bonchev–Trinajstić information content (AvgIpc) is 1.67. The van der Waals surface area contributed by atoms with Gasteiger partial charge in [-0.1, -0.05) is 294 Å². The molecular formula is C120H218O15Si7. The molecule has 3 aromatic rings. The maximum atomic E-state index is 12.1. The highest BCUT2D eigenvalue weighted by molar-refractivity contribution is 6.76. The second-order valence-corrected chi connectivity index (χ2v) is 75.7. The molecule has 0 unspecified atom stereocenters. The van der Waals surface area contributed by atoms with Gasteiger partial charge in [0.15, 0.2) is 58.2 Å². The number of unbranched alkanes of at least 4 members (excludes halogenated alkanes) is 3. The Bertz CT molecular complexity index is 3700. The summed E-state index contributed by atoms with van der Waals surface area (Å²) in [6.07, 6.45) is 41.5. The second-order valence-electron chi connectivity index (χ2n) is 42.6. The number of carbonyl (C=O) groups is 3. The Labute approximate surface area is 879 Å². The fraction of sp³-hybridized carbons (Fsp3) is 0.775. The first-order valence-corrected chi connectivity index (χ1v) is 76.9. The van der Waals surface area contributed by atoms with E-state index in [1.165, 1.54) is 71.1 Å². The molecule has 0 aromatic heterocycles. The molecule has 0 spiro atoms. The summed E-state index contributed by atoms with van der Waals surface area (Å²) in [6, 6.07) is 57.0. The second kappa shape index (κ2) is 73.6. The molecule has 142 heavy (non-hydrogen) atoms. The van der Waals surface area contributed by atoms with Gasteiger partial charge in [-0.3, -0.25) is 14.4 Å². The molecule has 816 valence electrons. The molecule has 3 aromatic carbocycles. The lowest BCUT2D eigenvalue weighted by atomic mass is 9.85. The fourth-order valence-corrected chi connectivity index (χ4v) is 43.9. The van der Waals surface area contributed by atoms with Crippen molar-refractivity contribution >= 4 is 76.1 Å². The molecule has 3 aliphatic rings. The number of aliphatic hydroxyl groups excluding tert-OH is 2. The number of aliphatic hydroxyl groups is 2. The van der Waals surface area contributed by atoms with E-state index in [2.05, 4.69) is 273 Å². The van der Waals surface area contributed by atoms with Gasteiger partial charge >= 0.3 is 17.9 Å². The Hall–Kier alpha value is -3.55. The van der Waals surface area contributed by atoms with Crippen molar-refractivity contribution in [3.05, 3.63) is 144 Å². The summed E-state index contributed by atoms with van der Waals surface area (Å²) in [7, 11) is -12.6. The number of benzene rings is 3. The van der Waals surface area contributed by atoms with E-state index in [1.807, 2.05) is 20.8 Å². The summed E-state index contributed by atoms with van der Waals surface area (Å²) >= 11 is 0. The van der Waals surface area contributed by atoms with Crippen molar-refractivity contribution in [2.24, 2.45) is 35.5 Å². The van der Waals surface area contributed by atoms with E-state index in [-0.39, 0.29) is 84.7 Å². The van der Waals surface area contributed by atoms with Crippen LogP contribution in [-0.2, 0) is 78.8 Å². The Morgan fingerprint density at radius 2 is 0.507 bits per heavy atom. The highest BCUT2D eigenvalue weighted by atomic mass is 28.4. The van der Waals surface area contributed by atoms with Crippen molar-refractivity contribution in [3.63, 3.8) is 0 Å². The molecule has 15 atom stereocenters. The summed E-state index contributed by atoms with van der Waals surface area (Å²) in [4.78, 5) is 35.8. The van der Waals surface area contributed by atoms with Crippen LogP contribution in [0, 0.1) is 35.5 Å². The molecule has 3 fully saturated rings. The maximum Gasteiger partial charge on any atom is 0.305 e. The summed E-state index contributed by atoms with van der Waals surface area (Å²) in [5, 5.41) is 23.0. The van der Waals surface area contributed by atoms with Crippen molar-refractivity contribution in [2.45, 2.75) is 541 Å². The molecule has 3 saturated carbocycles. The molecule has 0 heterocycles. The van der Waals surface area contributed by atoms with Gasteiger partial charge in [0.2, 0.25) is 0 Å². The molecule has 3 aliphatic carbocycles. The normalized spacial score (nSPS) is 21.1. The highest BCUT2D eigenvalue weighted by Gasteiger charge is 2.52. The van der Waals surface area contributed by atoms with E-state index < -0.39 is 58.2 Å². The van der Waals surface area contributed by atoms with Crippen LogP contribution in [0.2, 0.25) is 127 Å². The largest absolute Gasteiger partial charge is 0.466 e. The van der Waals surface area contributed by atoms with Crippen LogP contribution in [0.15, 0.2) is 127 Å². The third-order valence-electron chi connectivity index (χ3n) is 35.0. The molecule has 0 bridgehead atoms. The zero-order valence-electron chi connectivity index (χ0n) is 95.7. The van der Waals surface area contributed by atoms with Crippen molar-refractivity contribution in [2.75, 3.05) is 19.8 Å². The van der Waals surface area contributed by atoms with Crippen LogP contribution in [0.4, 0.5) is 0 Å². The minimum atomic E-state index is -1.84. The van der Waals surface area contributed by atoms with Crippen molar-refractivity contribution in [3.8, 4) is 0 Å². The van der Waals surface area contributed by atoms with Gasteiger partial charge in [0.1, 0.15) is 0 Å². The van der Waals surface area contributed by atoms with E-state index in [0.29, 0.717) is 62.8 Å². The number of ether oxygens (including phenoxy) is 3. The van der Waals surface area contributed by atoms with Gasteiger partial charge in [-0.25, -0.2) is 0 Å². The lowest BCUT2D eigenvalue weighted by molar-refractivity contribution is -0.144. The fourth-order valence-electron chi connectivity index (χ4n) is 23.4. The SMILES string of the molecule is CCCOC(=O)CCC/C=C\C[C@@H]1[C@@H](CC[C@H](CCc2ccccc2)O[Si](CC)(CC)CC)[C@H](O)C[C@@H]1O[Si](CC)(CC)CC.CCCOC(=O)CCC/C=C\C[C@@H]1[C@@H](CC[C@H](CCc2ccccc2)O[Si](CC)(CC)CC)[C@H](O[Si](CC)(CC)CC)C[C@@H]1O.CCCOC(=O)CCC/C=C\C[C@@H]1[C@@H](CC[C@H](CCc2ccccc2)O[Si](CC)(CC)CC)[C@H](O[Si](CC)(CC)CC)C[C@@H]1O[Si](CC)(CC)CC. The van der Waals surface area contributed by atoms with Gasteiger partial charge in [0.05, 0.1) is 56.4 Å². The van der Waals surface area contributed by atoms with Gasteiger partial charge in [0.25, 0.3) is 0 Å². The van der Waals surface area contributed by atoms with E-state index >= 15 is 0 Å². The zero-order chi connectivity index (χ0) is 105. The molecular weight excluding hydrogens is 1880 g/mol. The number of aryl methyl sites for hydroxylation is 3. The molecule has 0 radical (unpaired) electrons. The van der Waals surface area contributed by atoms with E-state index in [9.17, 15) is 24.6 Å². The van der Waals surface area contributed by atoms with E-state index in [0.717, 1.165) is 246 Å². The third kappa shape index (κ3) is 45.2. The Kier molecular flexibility index (Phi) is 67.8.